The molecule has 2 heterocycles. The van der Waals surface area contributed by atoms with Crippen LogP contribution in [0.25, 0.3) is 11.1 Å². The van der Waals surface area contributed by atoms with E-state index in [1.165, 1.54) is 0 Å². The zero-order valence-corrected chi connectivity index (χ0v) is 16.8. The summed E-state index contributed by atoms with van der Waals surface area (Å²) in [6, 6.07) is 17.8. The Morgan fingerprint density at radius 2 is 1.68 bits per heavy atom. The monoisotopic (exact) mass is 421 g/mol. The smallest absolute Gasteiger partial charge is 0.322 e. The van der Waals surface area contributed by atoms with Crippen molar-refractivity contribution in [3.8, 4) is 11.1 Å². The molecular formula is C23H23N3O5. The van der Waals surface area contributed by atoms with Crippen LogP contribution in [0.15, 0.2) is 54.6 Å². The van der Waals surface area contributed by atoms with Gasteiger partial charge in [-0.1, -0.05) is 54.6 Å². The maximum atomic E-state index is 13.2. The zero-order chi connectivity index (χ0) is 22.0. The molecule has 8 heteroatoms. The topological polar surface area (TPSA) is 116 Å². The third kappa shape index (κ3) is 4.06. The van der Waals surface area contributed by atoms with Gasteiger partial charge in [0.05, 0.1) is 5.54 Å². The summed E-state index contributed by atoms with van der Waals surface area (Å²) in [5.74, 6) is -4.64. The van der Waals surface area contributed by atoms with Crippen molar-refractivity contribution in [1.82, 2.24) is 15.5 Å². The van der Waals surface area contributed by atoms with Gasteiger partial charge in [-0.05, 0) is 16.7 Å². The number of likely N-dealkylation sites (tertiary alicyclic amines) is 1. The van der Waals surface area contributed by atoms with Crippen molar-refractivity contribution in [2.75, 3.05) is 19.6 Å². The van der Waals surface area contributed by atoms with Gasteiger partial charge in [0.2, 0.25) is 11.8 Å². The molecular weight excluding hydrogens is 398 g/mol. The van der Waals surface area contributed by atoms with Gasteiger partial charge in [-0.3, -0.25) is 19.2 Å². The largest absolute Gasteiger partial charge is 0.480 e. The number of nitrogens with zero attached hydrogens (tertiary/aromatic N) is 1. The lowest BCUT2D eigenvalue weighted by Crippen LogP contribution is -2.74. The number of amides is 2. The zero-order valence-electron chi connectivity index (χ0n) is 16.8. The first-order chi connectivity index (χ1) is 14.9. The molecule has 1 spiro atoms. The van der Waals surface area contributed by atoms with Crippen LogP contribution >= 0.6 is 0 Å². The van der Waals surface area contributed by atoms with Gasteiger partial charge in [-0.15, -0.1) is 0 Å². The fraction of sp³-hybridized carbons (Fsp3) is 0.304. The van der Waals surface area contributed by atoms with Crippen molar-refractivity contribution in [3.05, 3.63) is 60.2 Å². The highest BCUT2D eigenvalue weighted by Gasteiger charge is 2.55. The minimum absolute atomic E-state index is 0.0684. The molecule has 3 N–H and O–H groups in total. The van der Waals surface area contributed by atoms with E-state index in [2.05, 4.69) is 10.6 Å². The molecule has 0 saturated carbocycles. The van der Waals surface area contributed by atoms with Gasteiger partial charge in [0.1, 0.15) is 6.54 Å². The Balaban J connectivity index is 1.55. The summed E-state index contributed by atoms with van der Waals surface area (Å²) in [7, 11) is 0. The van der Waals surface area contributed by atoms with Crippen molar-refractivity contribution in [1.29, 1.82) is 0 Å². The van der Waals surface area contributed by atoms with E-state index in [0.29, 0.717) is 13.1 Å². The standard InChI is InChI=1S/C23H23N3O5/c27-18-10-23(13-24-14-23)26(22(31)20(18)21(30)25-11-19(28)29)12-15-6-8-17(9-7-15)16-4-2-1-3-5-16/h1-9,20,24H,10-14H2,(H,25,30)(H,28,29). The Morgan fingerprint density at radius 1 is 1.03 bits per heavy atom. The molecule has 2 saturated heterocycles. The molecule has 0 radical (unpaired) electrons. The number of benzene rings is 2. The number of Topliss-reactive ketones (excluding diaryl/α,β-unsaturated/α-hetero) is 1. The third-order valence-corrected chi connectivity index (χ3v) is 5.90. The van der Waals surface area contributed by atoms with Gasteiger partial charge < -0.3 is 20.6 Å². The summed E-state index contributed by atoms with van der Waals surface area (Å²) < 4.78 is 0. The number of nitrogens with one attached hydrogen (secondary N) is 2. The quantitative estimate of drug-likeness (QED) is 0.595. The van der Waals surface area contributed by atoms with Crippen molar-refractivity contribution in [2.45, 2.75) is 18.5 Å². The van der Waals surface area contributed by atoms with E-state index in [1.54, 1.807) is 4.90 Å². The van der Waals surface area contributed by atoms with E-state index >= 15 is 0 Å². The summed E-state index contributed by atoms with van der Waals surface area (Å²) in [5, 5.41) is 14.1. The number of aliphatic carboxylic acids is 1. The number of carbonyl (C=O) groups excluding carboxylic acids is 3. The Labute approximate surface area is 179 Å². The lowest BCUT2D eigenvalue weighted by Gasteiger charge is -2.53. The van der Waals surface area contributed by atoms with Crippen LogP contribution in [0.2, 0.25) is 0 Å². The van der Waals surface area contributed by atoms with Crippen LogP contribution in [0.3, 0.4) is 0 Å². The number of rotatable bonds is 6. The minimum atomic E-state index is -1.51. The number of piperidine rings is 1. The number of carbonyl (C=O) groups is 4. The average Bonchev–Trinajstić information content (AvgIpc) is 2.74. The highest BCUT2D eigenvalue weighted by Crippen LogP contribution is 2.35. The van der Waals surface area contributed by atoms with Crippen molar-refractivity contribution < 1.29 is 24.3 Å². The van der Waals surface area contributed by atoms with Crippen LogP contribution in [-0.2, 0) is 25.7 Å². The van der Waals surface area contributed by atoms with E-state index in [9.17, 15) is 19.2 Å². The second-order valence-corrected chi connectivity index (χ2v) is 8.00. The Kier molecular flexibility index (Phi) is 5.56. The summed E-state index contributed by atoms with van der Waals surface area (Å²) >= 11 is 0. The van der Waals surface area contributed by atoms with Gasteiger partial charge >= 0.3 is 5.97 Å². The van der Waals surface area contributed by atoms with Crippen LogP contribution in [0, 0.1) is 5.92 Å². The van der Waals surface area contributed by atoms with Crippen LogP contribution < -0.4 is 10.6 Å². The number of hydrogen-bond acceptors (Lipinski definition) is 5. The molecule has 2 aliphatic heterocycles. The van der Waals surface area contributed by atoms with Crippen LogP contribution in [0.5, 0.6) is 0 Å². The molecule has 1 atom stereocenters. The maximum Gasteiger partial charge on any atom is 0.322 e. The second-order valence-electron chi connectivity index (χ2n) is 8.00. The molecule has 4 rings (SSSR count). The highest BCUT2D eigenvalue weighted by molar-refractivity contribution is 6.20. The van der Waals surface area contributed by atoms with E-state index in [1.807, 2.05) is 54.6 Å². The summed E-state index contributed by atoms with van der Waals surface area (Å²) in [4.78, 5) is 50.5. The normalized spacial score (nSPS) is 19.7. The second kappa shape index (κ2) is 8.31. The van der Waals surface area contributed by atoms with Gasteiger partial charge in [-0.2, -0.15) is 0 Å². The van der Waals surface area contributed by atoms with E-state index in [4.69, 9.17) is 5.11 Å². The fourth-order valence-corrected chi connectivity index (χ4v) is 4.16. The molecule has 31 heavy (non-hydrogen) atoms. The van der Waals surface area contributed by atoms with Crippen LogP contribution in [-0.4, -0.2) is 58.7 Å². The molecule has 160 valence electrons. The number of carboxylic acids is 1. The predicted molar refractivity (Wildman–Crippen MR) is 112 cm³/mol. The predicted octanol–water partition coefficient (Wildman–Crippen LogP) is 0.814. The van der Waals surface area contributed by atoms with Crippen LogP contribution in [0.4, 0.5) is 0 Å². The maximum absolute atomic E-state index is 13.2. The van der Waals surface area contributed by atoms with Gasteiger partial charge in [0.25, 0.3) is 0 Å². The van der Waals surface area contributed by atoms with Crippen molar-refractivity contribution in [2.24, 2.45) is 5.92 Å². The van der Waals surface area contributed by atoms with Gasteiger partial charge in [0.15, 0.2) is 11.7 Å². The van der Waals surface area contributed by atoms with E-state index in [-0.39, 0.29) is 13.0 Å². The molecule has 2 aromatic carbocycles. The molecule has 2 aliphatic rings. The van der Waals surface area contributed by atoms with Crippen molar-refractivity contribution in [3.63, 3.8) is 0 Å². The first-order valence-corrected chi connectivity index (χ1v) is 10.1. The lowest BCUT2D eigenvalue weighted by molar-refractivity contribution is -0.162. The lowest BCUT2D eigenvalue weighted by atomic mass is 9.76. The Hall–Kier alpha value is -3.52. The molecule has 1 unspecified atom stereocenters. The van der Waals surface area contributed by atoms with Gasteiger partial charge in [-0.25, -0.2) is 0 Å². The first kappa shape index (κ1) is 20.7. The minimum Gasteiger partial charge on any atom is -0.480 e. The Bertz CT molecular complexity index is 1020. The SMILES string of the molecule is O=C(O)CNC(=O)C1C(=O)CC2(CNC2)N(Cc2ccc(-c3ccccc3)cc2)C1=O. The molecule has 2 fully saturated rings. The van der Waals surface area contributed by atoms with E-state index in [0.717, 1.165) is 16.7 Å². The summed E-state index contributed by atoms with van der Waals surface area (Å²) in [6.45, 7) is 0.598. The molecule has 2 amide bonds. The summed E-state index contributed by atoms with van der Waals surface area (Å²) in [6.07, 6.45) is 0.0684. The van der Waals surface area contributed by atoms with Gasteiger partial charge in [0, 0.05) is 26.1 Å². The number of carboxylic acid groups (broad SMARTS) is 1. The fourth-order valence-electron chi connectivity index (χ4n) is 4.16. The molecule has 8 nitrogen and oxygen atoms in total. The average molecular weight is 421 g/mol. The first-order valence-electron chi connectivity index (χ1n) is 10.1. The molecule has 0 aliphatic carbocycles. The van der Waals surface area contributed by atoms with E-state index < -0.39 is 41.6 Å². The summed E-state index contributed by atoms with van der Waals surface area (Å²) in [5.41, 5.74) is 2.38. The molecule has 2 aromatic rings. The molecule has 0 bridgehead atoms. The third-order valence-electron chi connectivity index (χ3n) is 5.90. The number of hydrogen-bond donors (Lipinski definition) is 3. The highest BCUT2D eigenvalue weighted by atomic mass is 16.4. The van der Waals surface area contributed by atoms with Crippen molar-refractivity contribution >= 4 is 23.6 Å². The molecule has 0 aromatic heterocycles. The number of ketones is 1. The van der Waals surface area contributed by atoms with Crippen LogP contribution in [0.1, 0.15) is 12.0 Å². The Morgan fingerprint density at radius 3 is 2.26 bits per heavy atom.